The van der Waals surface area contributed by atoms with E-state index in [-0.39, 0.29) is 0 Å². The molecule has 0 aromatic heterocycles. The van der Waals surface area contributed by atoms with Gasteiger partial charge in [0.2, 0.25) is 11.6 Å². The maximum Gasteiger partial charge on any atom is 0.200 e. The molecular weight excluding hydrogens is 1900 g/mol. The summed E-state index contributed by atoms with van der Waals surface area (Å²) in [6.07, 6.45) is 112. The van der Waals surface area contributed by atoms with Crippen LogP contribution in [0.5, 0.6) is 34.5 Å². The second-order valence-electron chi connectivity index (χ2n) is 43.8. The molecule has 0 amide bonds. The Bertz CT molecular complexity index is 3940. The van der Waals surface area contributed by atoms with Crippen LogP contribution in [-0.4, -0.2) is 39.6 Å². The van der Waals surface area contributed by atoms with Crippen molar-refractivity contribution in [2.24, 2.45) is 0 Å². The molecule has 150 heavy (non-hydrogen) atoms. The lowest BCUT2D eigenvalue weighted by molar-refractivity contribution is 0.295. The highest BCUT2D eigenvalue weighted by Gasteiger charge is 2.27. The Morgan fingerprint density at radius 1 is 0.127 bits per heavy atom. The fourth-order valence-electron chi connectivity index (χ4n) is 20.4. The van der Waals surface area contributed by atoms with Crippen LogP contribution in [0.2, 0.25) is 0 Å². The van der Waals surface area contributed by atoms with E-state index < -0.39 is 69.3 Å². The first-order chi connectivity index (χ1) is 73.6. The van der Waals surface area contributed by atoms with E-state index in [1.165, 1.54) is 385 Å². The second kappa shape index (κ2) is 92.3. The Morgan fingerprint density at radius 3 is 0.333 bits per heavy atom. The maximum atomic E-state index is 15.7. The molecule has 0 atom stereocenters. The zero-order valence-corrected chi connectivity index (χ0v) is 96.0. The summed E-state index contributed by atoms with van der Waals surface area (Å²) in [6, 6.07) is 11.2. The number of benzene rings is 5. The fourth-order valence-corrected chi connectivity index (χ4v) is 20.4. The third-order valence-corrected chi connectivity index (χ3v) is 30.2. The molecule has 0 unspecified atom stereocenters. The first-order valence-corrected chi connectivity index (χ1v) is 62.7. The average Bonchev–Trinajstić information content (AvgIpc) is 0.783. The van der Waals surface area contributed by atoms with Crippen LogP contribution in [0.25, 0.3) is 48.6 Å². The van der Waals surface area contributed by atoms with Gasteiger partial charge >= 0.3 is 0 Å². The molecule has 0 aliphatic carbocycles. The largest absolute Gasteiger partial charge is 0.493 e. The minimum absolute atomic E-state index is 0.294. The molecule has 5 aromatic rings. The van der Waals surface area contributed by atoms with E-state index in [0.29, 0.717) is 120 Å². The zero-order valence-electron chi connectivity index (χ0n) is 96.0. The van der Waals surface area contributed by atoms with Gasteiger partial charge in [-0.2, -0.15) is 0 Å². The summed E-state index contributed by atoms with van der Waals surface area (Å²) in [6.45, 7) is 15.6. The van der Waals surface area contributed by atoms with Gasteiger partial charge in [0.05, 0.1) is 50.8 Å². The quantitative estimate of drug-likeness (QED) is 0.0127. The highest BCUT2D eigenvalue weighted by Crippen LogP contribution is 2.41. The molecule has 0 saturated carbocycles. The highest BCUT2D eigenvalue weighted by atomic mass is 19.2. The molecule has 0 N–H and O–H groups in total. The van der Waals surface area contributed by atoms with E-state index in [0.717, 1.165) is 166 Å². The third kappa shape index (κ3) is 62.2. The van der Waals surface area contributed by atoms with Crippen LogP contribution in [-0.2, 0) is 0 Å². The van der Waals surface area contributed by atoms with E-state index >= 15 is 35.1 Å². The molecule has 0 aliphatic rings. The standard InChI is InChI=1S/C134H212F10O6/c1-7-13-19-25-31-37-43-49-55-61-67-73-79-85-99-145-119-105-112(92-94-114-108-124(150-104-90-84-78-72-66-60-54-48-42-36-30-24-18-12-6)116(96-98-118-127(137)131(141)134(144)132(142)128(118)138)110-122(114)148-102-88-82-76-70-64-58-52-46-40-34-28-22-16-10-4)120(146-100-86-80-74-68-62-56-50-44-38-32-26-20-14-8-2)106-111(119)91-93-113-107-123(149-103-89-83-77-71-65-59-53-47-41-35-29-23-17-11-5)115(95-97-117-125(135)129(139)133(143)130(140)126(117)136)109-121(113)147-101-87-81-75-69-63-57-51-45-39-33-27-21-15-9-3/h91-98,105-110H,7-90,99-104H2,1-6H3. The molecule has 0 saturated heterocycles. The summed E-state index contributed by atoms with van der Waals surface area (Å²) in [4.78, 5) is 0. The number of rotatable bonds is 104. The Balaban J connectivity index is 1.69. The Morgan fingerprint density at radius 2 is 0.220 bits per heavy atom. The molecule has 0 spiro atoms. The average molecular weight is 2110 g/mol. The molecule has 6 nitrogen and oxygen atoms in total. The first kappa shape index (κ1) is 134. The summed E-state index contributed by atoms with van der Waals surface area (Å²) in [7, 11) is 0. The van der Waals surface area contributed by atoms with Gasteiger partial charge in [0.25, 0.3) is 0 Å². The van der Waals surface area contributed by atoms with Gasteiger partial charge in [0.15, 0.2) is 46.5 Å². The Hall–Kier alpha value is -6.84. The van der Waals surface area contributed by atoms with Crippen LogP contribution in [0.3, 0.4) is 0 Å². The van der Waals surface area contributed by atoms with E-state index in [9.17, 15) is 8.78 Å². The molecule has 5 rings (SSSR count). The van der Waals surface area contributed by atoms with Crippen molar-refractivity contribution in [2.45, 2.75) is 581 Å². The second-order valence-corrected chi connectivity index (χ2v) is 43.8. The van der Waals surface area contributed by atoms with Crippen LogP contribution in [0.15, 0.2) is 36.4 Å². The normalized spacial score (nSPS) is 11.9. The van der Waals surface area contributed by atoms with Gasteiger partial charge in [-0.1, -0.05) is 579 Å². The summed E-state index contributed by atoms with van der Waals surface area (Å²) in [5, 5.41) is 0. The summed E-state index contributed by atoms with van der Waals surface area (Å²) in [5.74, 6) is -17.7. The Kier molecular flexibility index (Phi) is 82.2. The molecule has 5 aromatic carbocycles. The van der Waals surface area contributed by atoms with Gasteiger partial charge in [-0.25, -0.2) is 43.9 Å². The van der Waals surface area contributed by atoms with Crippen molar-refractivity contribution in [1.82, 2.24) is 0 Å². The van der Waals surface area contributed by atoms with Gasteiger partial charge in [0.1, 0.15) is 34.5 Å². The number of halogens is 10. The van der Waals surface area contributed by atoms with Gasteiger partial charge in [-0.05, 0) is 87.1 Å². The van der Waals surface area contributed by atoms with Crippen molar-refractivity contribution >= 4 is 48.6 Å². The number of hydrogen-bond donors (Lipinski definition) is 0. The van der Waals surface area contributed by atoms with Crippen molar-refractivity contribution in [3.05, 3.63) is 139 Å². The number of ether oxygens (including phenoxy) is 6. The molecule has 854 valence electrons. The van der Waals surface area contributed by atoms with Gasteiger partial charge in [-0.3, -0.25) is 0 Å². The highest BCUT2D eigenvalue weighted by molar-refractivity contribution is 5.84. The van der Waals surface area contributed by atoms with Crippen LogP contribution < -0.4 is 28.4 Å². The van der Waals surface area contributed by atoms with E-state index in [1.54, 1.807) is 12.1 Å². The van der Waals surface area contributed by atoms with E-state index in [2.05, 4.69) is 41.5 Å². The molecule has 0 aliphatic heterocycles. The minimum atomic E-state index is -2.23. The molecule has 0 fully saturated rings. The third-order valence-electron chi connectivity index (χ3n) is 30.2. The smallest absolute Gasteiger partial charge is 0.200 e. The van der Waals surface area contributed by atoms with Crippen LogP contribution >= 0.6 is 0 Å². The predicted molar refractivity (Wildman–Crippen MR) is 622 cm³/mol. The lowest BCUT2D eigenvalue weighted by Gasteiger charge is -2.17. The van der Waals surface area contributed by atoms with Crippen molar-refractivity contribution in [1.29, 1.82) is 0 Å². The van der Waals surface area contributed by atoms with E-state index in [4.69, 9.17) is 28.4 Å². The lowest BCUT2D eigenvalue weighted by Crippen LogP contribution is -2.04. The van der Waals surface area contributed by atoms with Crippen LogP contribution in [0.1, 0.15) is 625 Å². The first-order valence-electron chi connectivity index (χ1n) is 62.7. The van der Waals surface area contributed by atoms with Crippen molar-refractivity contribution in [2.75, 3.05) is 39.6 Å². The monoisotopic (exact) mass is 2110 g/mol. The number of hydrogen-bond acceptors (Lipinski definition) is 6. The Labute approximate surface area is 909 Å². The minimum Gasteiger partial charge on any atom is -0.493 e. The van der Waals surface area contributed by atoms with Crippen molar-refractivity contribution in [3.63, 3.8) is 0 Å². The fraction of sp³-hybridized carbons (Fsp3) is 0.716. The van der Waals surface area contributed by atoms with Gasteiger partial charge in [-0.15, -0.1) is 0 Å². The van der Waals surface area contributed by atoms with Gasteiger partial charge < -0.3 is 28.4 Å². The lowest BCUT2D eigenvalue weighted by atomic mass is 10.0. The summed E-state index contributed by atoms with van der Waals surface area (Å²) in [5.41, 5.74) is 1.14. The van der Waals surface area contributed by atoms with Crippen LogP contribution in [0, 0.1) is 58.2 Å². The predicted octanol–water partition coefficient (Wildman–Crippen LogP) is 46.9. The van der Waals surface area contributed by atoms with Crippen LogP contribution in [0.4, 0.5) is 43.9 Å². The molecule has 0 heterocycles. The molecule has 0 bridgehead atoms. The zero-order chi connectivity index (χ0) is 108. The van der Waals surface area contributed by atoms with Crippen molar-refractivity contribution in [3.8, 4) is 34.5 Å². The summed E-state index contributed by atoms with van der Waals surface area (Å²) < 4.78 is 194. The number of unbranched alkanes of at least 4 members (excludes halogenated alkanes) is 78. The SMILES string of the molecule is CCCCCCCCCCCCCCCCOc1cc(C=Cc2cc(OCCCCCCCCCCCCCCCC)c(C=Cc3c(F)c(F)c(F)c(F)c3F)cc2OCCCCCCCCCCCCCCCC)c(OCCCCCCCCCCCCCCCC)cc1C=Cc1cc(OCCCCCCCCCCCCCCCC)c(C=Cc2c(F)c(F)c(F)c(F)c2F)cc1OCCCCCCCCCCCCCCCC. The van der Waals surface area contributed by atoms with Crippen molar-refractivity contribution < 1.29 is 72.3 Å². The summed E-state index contributed by atoms with van der Waals surface area (Å²) >= 11 is 0. The maximum absolute atomic E-state index is 15.7. The molecular formula is C134H212F10O6. The molecule has 16 heteroatoms. The van der Waals surface area contributed by atoms with E-state index in [1.807, 2.05) is 48.6 Å². The topological polar surface area (TPSA) is 55.4 Å². The molecule has 0 radical (unpaired) electrons. The van der Waals surface area contributed by atoms with Gasteiger partial charge in [0, 0.05) is 33.4 Å².